The van der Waals surface area contributed by atoms with Crippen molar-refractivity contribution >= 4 is 44.0 Å². The van der Waals surface area contributed by atoms with Gasteiger partial charge in [0.2, 0.25) is 5.91 Å². The molecule has 0 aliphatic rings. The zero-order valence-corrected chi connectivity index (χ0v) is 15.9. The monoisotopic (exact) mass is 438 g/mol. The minimum absolute atomic E-state index is 0.0700. The van der Waals surface area contributed by atoms with Crippen LogP contribution >= 0.6 is 31.9 Å². The summed E-state index contributed by atoms with van der Waals surface area (Å²) < 4.78 is 1.35. The Hall–Kier alpha value is -1.66. The van der Waals surface area contributed by atoms with Crippen LogP contribution in [-0.2, 0) is 11.2 Å². The number of hydrogen-bond donors (Lipinski definition) is 2. The zero-order valence-electron chi connectivity index (χ0n) is 12.7. The molecule has 0 heterocycles. The Morgan fingerprint density at radius 3 is 2.70 bits per heavy atom. The summed E-state index contributed by atoms with van der Waals surface area (Å²) in [5.41, 5.74) is 6.19. The lowest BCUT2D eigenvalue weighted by atomic mass is 10.0. The highest BCUT2D eigenvalue weighted by molar-refractivity contribution is 9.11. The summed E-state index contributed by atoms with van der Waals surface area (Å²) in [6.07, 6.45) is 1.67. The molecule has 2 aromatic carbocycles. The standard InChI is InChI=1S/C17H16Br2N2O2/c1-10-3-4-12(11(2)5-10)7-16(22)21-20-9-13-6-14(18)8-15(19)17(13)23/h3-6,8-9,23H,7H2,1-2H3,(H,21,22)/b20-9-. The molecule has 120 valence electrons. The van der Waals surface area contributed by atoms with Gasteiger partial charge in [-0.3, -0.25) is 4.79 Å². The van der Waals surface area contributed by atoms with Crippen molar-refractivity contribution in [2.45, 2.75) is 20.3 Å². The summed E-state index contributed by atoms with van der Waals surface area (Å²) >= 11 is 6.58. The van der Waals surface area contributed by atoms with Crippen LogP contribution in [0, 0.1) is 13.8 Å². The Balaban J connectivity index is 2.02. The van der Waals surface area contributed by atoms with E-state index in [1.807, 2.05) is 32.0 Å². The predicted molar refractivity (Wildman–Crippen MR) is 98.9 cm³/mol. The smallest absolute Gasteiger partial charge is 0.244 e. The van der Waals surface area contributed by atoms with Crippen LogP contribution in [0.15, 0.2) is 44.4 Å². The molecule has 6 heteroatoms. The van der Waals surface area contributed by atoms with E-state index in [-0.39, 0.29) is 18.1 Å². The van der Waals surface area contributed by atoms with Crippen LogP contribution in [0.4, 0.5) is 0 Å². The fourth-order valence-electron chi connectivity index (χ4n) is 2.11. The molecular weight excluding hydrogens is 424 g/mol. The second kappa shape index (κ2) is 7.75. The topological polar surface area (TPSA) is 61.7 Å². The van der Waals surface area contributed by atoms with E-state index >= 15 is 0 Å². The van der Waals surface area contributed by atoms with Gasteiger partial charge < -0.3 is 5.11 Å². The first-order chi connectivity index (χ1) is 10.9. The molecule has 0 bridgehead atoms. The average molecular weight is 440 g/mol. The third kappa shape index (κ3) is 4.91. The van der Waals surface area contributed by atoms with Gasteiger partial charge in [0.15, 0.2) is 0 Å². The van der Waals surface area contributed by atoms with Gasteiger partial charge in [0.1, 0.15) is 5.75 Å². The molecule has 0 spiro atoms. The highest BCUT2D eigenvalue weighted by Gasteiger charge is 2.07. The van der Waals surface area contributed by atoms with Gasteiger partial charge in [-0.05, 0) is 53.0 Å². The van der Waals surface area contributed by atoms with Crippen LogP contribution in [0.25, 0.3) is 0 Å². The van der Waals surface area contributed by atoms with Gasteiger partial charge in [-0.2, -0.15) is 5.10 Å². The van der Waals surface area contributed by atoms with E-state index in [0.717, 1.165) is 15.6 Å². The molecule has 0 atom stereocenters. The fourth-order valence-corrected chi connectivity index (χ4v) is 3.37. The zero-order chi connectivity index (χ0) is 17.0. The first-order valence-corrected chi connectivity index (χ1v) is 8.51. The summed E-state index contributed by atoms with van der Waals surface area (Å²) in [5, 5.41) is 13.8. The van der Waals surface area contributed by atoms with Crippen LogP contribution in [0.5, 0.6) is 5.75 Å². The van der Waals surface area contributed by atoms with Gasteiger partial charge in [-0.1, -0.05) is 39.7 Å². The van der Waals surface area contributed by atoms with Crippen molar-refractivity contribution in [2.24, 2.45) is 5.10 Å². The number of rotatable bonds is 4. The van der Waals surface area contributed by atoms with Gasteiger partial charge in [0.25, 0.3) is 0 Å². The number of phenolic OH excluding ortho intramolecular Hbond substituents is 1. The fraction of sp³-hybridized carbons (Fsp3) is 0.176. The maximum absolute atomic E-state index is 12.0. The van der Waals surface area contributed by atoms with Gasteiger partial charge >= 0.3 is 0 Å². The highest BCUT2D eigenvalue weighted by atomic mass is 79.9. The summed E-state index contributed by atoms with van der Waals surface area (Å²) in [6.45, 7) is 4.00. The number of amides is 1. The summed E-state index contributed by atoms with van der Waals surface area (Å²) in [5.74, 6) is -0.137. The van der Waals surface area contributed by atoms with Crippen LogP contribution < -0.4 is 5.43 Å². The number of aryl methyl sites for hydroxylation is 2. The molecule has 23 heavy (non-hydrogen) atoms. The van der Waals surface area contributed by atoms with Gasteiger partial charge in [0.05, 0.1) is 17.1 Å². The maximum atomic E-state index is 12.0. The summed E-state index contributed by atoms with van der Waals surface area (Å²) in [4.78, 5) is 12.0. The SMILES string of the molecule is Cc1ccc(CC(=O)N/N=C\c2cc(Br)cc(Br)c2O)c(C)c1. The van der Waals surface area contributed by atoms with E-state index in [4.69, 9.17) is 0 Å². The van der Waals surface area contributed by atoms with Crippen molar-refractivity contribution < 1.29 is 9.90 Å². The van der Waals surface area contributed by atoms with Crippen LogP contribution in [0.3, 0.4) is 0 Å². The number of hydrogen-bond acceptors (Lipinski definition) is 3. The molecule has 4 nitrogen and oxygen atoms in total. The molecule has 2 rings (SSSR count). The molecule has 1 amide bonds. The Labute approximate surface area is 151 Å². The number of benzene rings is 2. The molecule has 2 N–H and O–H groups in total. The minimum Gasteiger partial charge on any atom is -0.506 e. The first-order valence-electron chi connectivity index (χ1n) is 6.93. The second-order valence-electron chi connectivity index (χ2n) is 5.23. The molecule has 0 fully saturated rings. The molecule has 0 aliphatic carbocycles. The molecule has 0 saturated carbocycles. The van der Waals surface area contributed by atoms with Crippen molar-refractivity contribution in [1.29, 1.82) is 0 Å². The Morgan fingerprint density at radius 2 is 2.00 bits per heavy atom. The van der Waals surface area contributed by atoms with E-state index in [2.05, 4.69) is 42.4 Å². The quantitative estimate of drug-likeness (QED) is 0.553. The minimum atomic E-state index is -0.207. The Bertz CT molecular complexity index is 773. The average Bonchev–Trinajstić information content (AvgIpc) is 2.47. The number of hydrazone groups is 1. The predicted octanol–water partition coefficient (Wildman–Crippen LogP) is 4.23. The van der Waals surface area contributed by atoms with Crippen LogP contribution in [0.1, 0.15) is 22.3 Å². The van der Waals surface area contributed by atoms with Crippen molar-refractivity contribution in [3.63, 3.8) is 0 Å². The van der Waals surface area contributed by atoms with Crippen molar-refractivity contribution in [3.05, 3.63) is 61.5 Å². The third-order valence-corrected chi connectivity index (χ3v) is 4.36. The highest BCUT2D eigenvalue weighted by Crippen LogP contribution is 2.30. The van der Waals surface area contributed by atoms with E-state index < -0.39 is 0 Å². The molecule has 0 aromatic heterocycles. The molecule has 0 aliphatic heterocycles. The third-order valence-electron chi connectivity index (χ3n) is 3.30. The van der Waals surface area contributed by atoms with E-state index in [1.165, 1.54) is 11.8 Å². The van der Waals surface area contributed by atoms with Crippen LogP contribution in [-0.4, -0.2) is 17.2 Å². The Morgan fingerprint density at radius 1 is 1.26 bits per heavy atom. The van der Waals surface area contributed by atoms with Crippen molar-refractivity contribution in [2.75, 3.05) is 0 Å². The second-order valence-corrected chi connectivity index (χ2v) is 7.00. The first kappa shape index (κ1) is 17.7. The molecule has 2 aromatic rings. The molecular formula is C17H16Br2N2O2. The van der Waals surface area contributed by atoms with E-state index in [0.29, 0.717) is 10.0 Å². The number of carbonyl (C=O) groups excluding carboxylic acids is 1. The number of phenols is 1. The lowest BCUT2D eigenvalue weighted by Gasteiger charge is -2.06. The van der Waals surface area contributed by atoms with E-state index in [9.17, 15) is 9.90 Å². The normalized spacial score (nSPS) is 11.0. The lowest BCUT2D eigenvalue weighted by Crippen LogP contribution is -2.20. The lowest BCUT2D eigenvalue weighted by molar-refractivity contribution is -0.120. The maximum Gasteiger partial charge on any atom is 0.244 e. The van der Waals surface area contributed by atoms with E-state index in [1.54, 1.807) is 12.1 Å². The van der Waals surface area contributed by atoms with Gasteiger partial charge in [-0.15, -0.1) is 0 Å². The van der Waals surface area contributed by atoms with Gasteiger partial charge in [0, 0.05) is 10.0 Å². The van der Waals surface area contributed by atoms with Crippen molar-refractivity contribution in [1.82, 2.24) is 5.43 Å². The molecule has 0 saturated heterocycles. The molecule has 0 unspecified atom stereocenters. The number of nitrogens with zero attached hydrogens (tertiary/aromatic N) is 1. The Kier molecular flexibility index (Phi) is 5.96. The number of aromatic hydroxyl groups is 1. The largest absolute Gasteiger partial charge is 0.506 e. The van der Waals surface area contributed by atoms with Crippen molar-refractivity contribution in [3.8, 4) is 5.75 Å². The summed E-state index contributed by atoms with van der Waals surface area (Å²) in [6, 6.07) is 9.41. The number of carbonyl (C=O) groups is 1. The number of nitrogens with one attached hydrogen (secondary N) is 1. The molecule has 0 radical (unpaired) electrons. The van der Waals surface area contributed by atoms with Crippen LogP contribution in [0.2, 0.25) is 0 Å². The van der Waals surface area contributed by atoms with Gasteiger partial charge in [-0.25, -0.2) is 5.43 Å². The number of halogens is 2. The summed E-state index contributed by atoms with van der Waals surface area (Å²) in [7, 11) is 0.